The number of hydrogen-bond acceptors (Lipinski definition) is 8. The van der Waals surface area contributed by atoms with Gasteiger partial charge < -0.3 is 19.0 Å². The number of carbonyl (C=O) groups excluding carboxylic acids is 1. The van der Waals surface area contributed by atoms with E-state index in [0.29, 0.717) is 21.4 Å². The van der Waals surface area contributed by atoms with E-state index in [0.717, 1.165) is 5.56 Å². The van der Waals surface area contributed by atoms with Crippen LogP contribution in [0.5, 0.6) is 17.2 Å². The molecular formula is C24H21N3O5S. The SMILES string of the molecule is COc1cc(/C=C2\S/C(=N/N=C\c3ccccc3)N(Cc3ccco3)C2=O)cc(OC)c1O. The van der Waals surface area contributed by atoms with Gasteiger partial charge in [-0.1, -0.05) is 30.3 Å². The molecule has 0 unspecified atom stereocenters. The first-order valence-electron chi connectivity index (χ1n) is 9.94. The van der Waals surface area contributed by atoms with Gasteiger partial charge in [-0.3, -0.25) is 9.69 Å². The third kappa shape index (κ3) is 5.09. The molecular weight excluding hydrogens is 442 g/mol. The highest BCUT2D eigenvalue weighted by Gasteiger charge is 2.34. The molecule has 9 heteroatoms. The van der Waals surface area contributed by atoms with Crippen LogP contribution < -0.4 is 9.47 Å². The number of carbonyl (C=O) groups is 1. The largest absolute Gasteiger partial charge is 0.502 e. The number of thioether (sulfide) groups is 1. The first-order valence-corrected chi connectivity index (χ1v) is 10.8. The van der Waals surface area contributed by atoms with E-state index >= 15 is 0 Å². The van der Waals surface area contributed by atoms with Gasteiger partial charge in [-0.05, 0) is 53.2 Å². The molecule has 0 aliphatic carbocycles. The fourth-order valence-corrected chi connectivity index (χ4v) is 4.05. The molecule has 3 aromatic rings. The van der Waals surface area contributed by atoms with Gasteiger partial charge >= 0.3 is 0 Å². The highest BCUT2D eigenvalue weighted by atomic mass is 32.2. The number of amidine groups is 1. The molecule has 1 amide bonds. The minimum atomic E-state index is -0.240. The molecule has 1 saturated heterocycles. The standard InChI is InChI=1S/C24H21N3O5S/c1-30-19-11-17(12-20(31-2)22(19)28)13-21-23(29)27(15-18-9-6-10-32-18)24(33-21)26-25-14-16-7-4-3-5-8-16/h3-14,28H,15H2,1-2H3/b21-13-,25-14-,26-24+. The maximum atomic E-state index is 13.2. The Hall–Kier alpha value is -3.98. The lowest BCUT2D eigenvalue weighted by Crippen LogP contribution is -2.28. The molecule has 1 fully saturated rings. The monoisotopic (exact) mass is 463 g/mol. The van der Waals surface area contributed by atoms with E-state index in [1.807, 2.05) is 30.3 Å². The number of phenols is 1. The third-order valence-electron chi connectivity index (χ3n) is 4.73. The highest BCUT2D eigenvalue weighted by Crippen LogP contribution is 2.39. The number of furan rings is 1. The van der Waals surface area contributed by atoms with Crippen molar-refractivity contribution in [3.8, 4) is 17.2 Å². The fraction of sp³-hybridized carbons (Fsp3) is 0.125. The Kier molecular flexibility index (Phi) is 6.80. The van der Waals surface area contributed by atoms with Crippen molar-refractivity contribution >= 4 is 35.1 Å². The van der Waals surface area contributed by atoms with E-state index in [1.165, 1.54) is 30.9 Å². The fourth-order valence-electron chi connectivity index (χ4n) is 3.11. The number of phenolic OH excluding ortho intramolecular Hbond substituents is 1. The number of aromatic hydroxyl groups is 1. The summed E-state index contributed by atoms with van der Waals surface area (Å²) >= 11 is 1.20. The summed E-state index contributed by atoms with van der Waals surface area (Å²) in [6, 6.07) is 16.4. The molecule has 2 aromatic carbocycles. The normalized spacial score (nSPS) is 16.3. The molecule has 1 aliphatic rings. The lowest BCUT2D eigenvalue weighted by molar-refractivity contribution is -0.122. The Morgan fingerprint density at radius 2 is 1.79 bits per heavy atom. The van der Waals surface area contributed by atoms with Crippen LogP contribution in [0, 0.1) is 0 Å². The van der Waals surface area contributed by atoms with E-state index in [2.05, 4.69) is 10.2 Å². The van der Waals surface area contributed by atoms with Crippen LogP contribution in [0.3, 0.4) is 0 Å². The summed E-state index contributed by atoms with van der Waals surface area (Å²) < 4.78 is 15.8. The van der Waals surface area contributed by atoms with Crippen LogP contribution in [-0.2, 0) is 11.3 Å². The number of nitrogens with zero attached hydrogens (tertiary/aromatic N) is 3. The van der Waals surface area contributed by atoms with E-state index in [4.69, 9.17) is 13.9 Å². The first-order chi connectivity index (χ1) is 16.1. The molecule has 0 radical (unpaired) electrons. The molecule has 168 valence electrons. The van der Waals surface area contributed by atoms with Crippen molar-refractivity contribution in [2.24, 2.45) is 10.2 Å². The molecule has 0 bridgehead atoms. The topological polar surface area (TPSA) is 96.9 Å². The summed E-state index contributed by atoms with van der Waals surface area (Å²) in [7, 11) is 2.89. The van der Waals surface area contributed by atoms with Crippen molar-refractivity contribution in [2.75, 3.05) is 14.2 Å². The number of hydrogen-bond donors (Lipinski definition) is 1. The summed E-state index contributed by atoms with van der Waals surface area (Å²) in [5, 5.41) is 19.0. The summed E-state index contributed by atoms with van der Waals surface area (Å²) in [6.45, 7) is 0.220. The van der Waals surface area contributed by atoms with Crippen LogP contribution >= 0.6 is 11.8 Å². The van der Waals surface area contributed by atoms with E-state index in [-0.39, 0.29) is 29.7 Å². The summed E-state index contributed by atoms with van der Waals surface area (Å²) in [4.78, 5) is 15.1. The van der Waals surface area contributed by atoms with Crippen molar-refractivity contribution in [2.45, 2.75) is 6.54 Å². The third-order valence-corrected chi connectivity index (χ3v) is 5.73. The Labute approximate surface area is 194 Å². The average Bonchev–Trinajstić information content (AvgIpc) is 3.45. The van der Waals surface area contributed by atoms with Crippen molar-refractivity contribution < 1.29 is 23.8 Å². The van der Waals surface area contributed by atoms with Gasteiger partial charge in [-0.15, -0.1) is 5.10 Å². The predicted molar refractivity (Wildman–Crippen MR) is 128 cm³/mol. The minimum Gasteiger partial charge on any atom is -0.502 e. The molecule has 8 nitrogen and oxygen atoms in total. The van der Waals surface area contributed by atoms with Crippen LogP contribution in [0.2, 0.25) is 0 Å². The summed E-state index contributed by atoms with van der Waals surface area (Å²) in [5.41, 5.74) is 1.53. The summed E-state index contributed by atoms with van der Waals surface area (Å²) in [6.07, 6.45) is 4.87. The van der Waals surface area contributed by atoms with Crippen molar-refractivity contribution in [3.05, 3.63) is 82.7 Å². The zero-order valence-electron chi connectivity index (χ0n) is 18.0. The van der Waals surface area contributed by atoms with Crippen LogP contribution in [0.4, 0.5) is 0 Å². The Morgan fingerprint density at radius 3 is 2.42 bits per heavy atom. The molecule has 2 heterocycles. The lowest BCUT2D eigenvalue weighted by atomic mass is 10.1. The van der Waals surface area contributed by atoms with Gasteiger partial charge in [0.2, 0.25) is 5.75 Å². The van der Waals surface area contributed by atoms with E-state index in [1.54, 1.807) is 42.8 Å². The number of methoxy groups -OCH3 is 2. The second-order valence-electron chi connectivity index (χ2n) is 6.89. The summed E-state index contributed by atoms with van der Waals surface area (Å²) in [5.74, 6) is 0.759. The van der Waals surface area contributed by atoms with Crippen LogP contribution in [0.25, 0.3) is 6.08 Å². The second kappa shape index (κ2) is 10.1. The Bertz CT molecular complexity index is 1200. The van der Waals surface area contributed by atoms with E-state index < -0.39 is 0 Å². The molecule has 1 N–H and O–H groups in total. The van der Waals surface area contributed by atoms with Crippen molar-refractivity contribution in [3.63, 3.8) is 0 Å². The van der Waals surface area contributed by atoms with Crippen LogP contribution in [0.1, 0.15) is 16.9 Å². The molecule has 0 atom stereocenters. The maximum absolute atomic E-state index is 13.2. The van der Waals surface area contributed by atoms with Gasteiger partial charge in [0.05, 0.1) is 38.1 Å². The highest BCUT2D eigenvalue weighted by molar-refractivity contribution is 8.18. The molecule has 33 heavy (non-hydrogen) atoms. The van der Waals surface area contributed by atoms with Crippen LogP contribution in [0.15, 0.2) is 80.4 Å². The molecule has 0 spiro atoms. The smallest absolute Gasteiger partial charge is 0.267 e. The average molecular weight is 464 g/mol. The minimum absolute atomic E-state index is 0.107. The first kappa shape index (κ1) is 22.2. The number of benzene rings is 2. The lowest BCUT2D eigenvalue weighted by Gasteiger charge is -2.12. The Balaban J connectivity index is 1.66. The number of amides is 1. The zero-order valence-corrected chi connectivity index (χ0v) is 18.8. The van der Waals surface area contributed by atoms with Gasteiger partial charge in [-0.2, -0.15) is 5.10 Å². The van der Waals surface area contributed by atoms with Crippen molar-refractivity contribution in [1.82, 2.24) is 4.90 Å². The van der Waals surface area contributed by atoms with E-state index in [9.17, 15) is 9.90 Å². The number of rotatable bonds is 7. The van der Waals surface area contributed by atoms with Gasteiger partial charge in [0.25, 0.3) is 5.91 Å². The molecule has 1 aromatic heterocycles. The Morgan fingerprint density at radius 1 is 1.06 bits per heavy atom. The number of ether oxygens (including phenoxy) is 2. The van der Waals surface area contributed by atoms with Crippen molar-refractivity contribution in [1.29, 1.82) is 0 Å². The molecule has 0 saturated carbocycles. The van der Waals surface area contributed by atoms with Gasteiger partial charge in [0.1, 0.15) is 5.76 Å². The van der Waals surface area contributed by atoms with Gasteiger partial charge in [0, 0.05) is 0 Å². The second-order valence-corrected chi connectivity index (χ2v) is 7.90. The quantitative estimate of drug-likeness (QED) is 0.315. The van der Waals surface area contributed by atoms with Crippen LogP contribution in [-0.4, -0.2) is 41.5 Å². The molecule has 4 rings (SSSR count). The maximum Gasteiger partial charge on any atom is 0.267 e. The van der Waals surface area contributed by atoms with Gasteiger partial charge in [0.15, 0.2) is 16.7 Å². The molecule has 1 aliphatic heterocycles. The zero-order chi connectivity index (χ0) is 23.2. The predicted octanol–water partition coefficient (Wildman–Crippen LogP) is 4.51. The van der Waals surface area contributed by atoms with Gasteiger partial charge in [-0.25, -0.2) is 0 Å².